The van der Waals surface area contributed by atoms with Gasteiger partial charge < -0.3 is 5.11 Å². The molecule has 0 bridgehead atoms. The van der Waals surface area contributed by atoms with E-state index in [0.717, 1.165) is 0 Å². The van der Waals surface area contributed by atoms with Crippen molar-refractivity contribution < 1.29 is 32.1 Å². The normalized spacial score (nSPS) is 21.0. The molecule has 0 aromatic rings. The minimum Gasteiger partial charge on any atom is -0.387 e. The van der Waals surface area contributed by atoms with E-state index in [1.807, 2.05) is 4.94 Å². The second kappa shape index (κ2) is 2.90. The minimum atomic E-state index is -5.59. The molecule has 0 aromatic heterocycles. The Morgan fingerprint density at radius 1 is 1.27 bits per heavy atom. The third-order valence-corrected chi connectivity index (χ3v) is 1.04. The first-order chi connectivity index (χ1) is 4.75. The maximum absolute atomic E-state index is 12.2. The molecule has 2 unspecified atom stereocenters. The molecule has 1 N–H and O–H groups in total. The first-order valence-electron chi connectivity index (χ1n) is 2.49. The van der Waals surface area contributed by atoms with Crippen LogP contribution in [0.25, 0.3) is 0 Å². The molecule has 0 fully saturated rings. The van der Waals surface area contributed by atoms with Crippen molar-refractivity contribution in [3.63, 3.8) is 0 Å². The second-order valence-electron chi connectivity index (χ2n) is 1.90. The largest absolute Gasteiger partial charge is 0.454 e. The molecule has 0 spiro atoms. The highest BCUT2D eigenvalue weighted by Gasteiger charge is 2.62. The molecule has 0 aromatic carbocycles. The van der Waals surface area contributed by atoms with Gasteiger partial charge in [0.05, 0.1) is 0 Å². The summed E-state index contributed by atoms with van der Waals surface area (Å²) < 4.78 is 57.6. The van der Waals surface area contributed by atoms with Crippen molar-refractivity contribution in [2.24, 2.45) is 0 Å². The summed E-state index contributed by atoms with van der Waals surface area (Å²) >= 11 is 0. The highest BCUT2D eigenvalue weighted by Crippen LogP contribution is 2.37. The van der Waals surface area contributed by atoms with E-state index in [0.29, 0.717) is 6.92 Å². The monoisotopic (exact) mass is 180 g/mol. The Morgan fingerprint density at radius 2 is 1.64 bits per heavy atom. The van der Waals surface area contributed by atoms with Crippen LogP contribution in [0.4, 0.5) is 22.1 Å². The molecule has 0 aliphatic carbocycles. The highest BCUT2D eigenvalue weighted by atomic mass is 19.4. The summed E-state index contributed by atoms with van der Waals surface area (Å²) in [6.45, 7) is 0.424. The van der Waals surface area contributed by atoms with Gasteiger partial charge in [-0.3, -0.25) is 0 Å². The zero-order valence-electron chi connectivity index (χ0n) is 5.32. The van der Waals surface area contributed by atoms with Gasteiger partial charge in [-0.1, -0.05) is 0 Å². The molecular formula is C4H5F5O2. The van der Waals surface area contributed by atoms with Crippen LogP contribution in [0.3, 0.4) is 0 Å². The third-order valence-electron chi connectivity index (χ3n) is 1.04. The van der Waals surface area contributed by atoms with Crippen LogP contribution in [-0.2, 0) is 4.94 Å². The van der Waals surface area contributed by atoms with E-state index in [2.05, 4.69) is 0 Å². The molecule has 0 saturated carbocycles. The van der Waals surface area contributed by atoms with Gasteiger partial charge >= 0.3 is 12.0 Å². The zero-order chi connectivity index (χ0) is 9.28. The standard InChI is InChI=1S/C4H5F5O2/c1-2(10)3(5,11-9)4(6,7)8/h2,10H,1H3. The van der Waals surface area contributed by atoms with E-state index < -0.39 is 18.1 Å². The smallest absolute Gasteiger partial charge is 0.387 e. The van der Waals surface area contributed by atoms with Gasteiger partial charge in [-0.05, 0) is 11.4 Å². The fourth-order valence-electron chi connectivity index (χ4n) is 0.345. The zero-order valence-corrected chi connectivity index (χ0v) is 5.32. The van der Waals surface area contributed by atoms with Crippen LogP contribution in [0, 0.1) is 0 Å². The minimum absolute atomic E-state index is 0.424. The number of halogens is 5. The van der Waals surface area contributed by atoms with Crippen molar-refractivity contribution in [2.45, 2.75) is 25.1 Å². The number of aliphatic hydroxyl groups is 1. The molecule has 11 heavy (non-hydrogen) atoms. The molecule has 0 amide bonds. The van der Waals surface area contributed by atoms with E-state index in [1.54, 1.807) is 0 Å². The summed E-state index contributed by atoms with van der Waals surface area (Å²) in [5, 5.41) is 8.15. The highest BCUT2D eigenvalue weighted by molar-refractivity contribution is 4.81. The summed E-state index contributed by atoms with van der Waals surface area (Å²) in [6.07, 6.45) is -8.21. The van der Waals surface area contributed by atoms with Gasteiger partial charge in [-0.2, -0.15) is 17.6 Å². The van der Waals surface area contributed by atoms with Crippen LogP contribution in [0.1, 0.15) is 6.92 Å². The molecule has 0 radical (unpaired) electrons. The van der Waals surface area contributed by atoms with Gasteiger partial charge in [0.2, 0.25) is 0 Å². The first-order valence-corrected chi connectivity index (χ1v) is 2.49. The van der Waals surface area contributed by atoms with Crippen LogP contribution >= 0.6 is 0 Å². The molecule has 2 atom stereocenters. The number of hydrogen-bond acceptors (Lipinski definition) is 2. The molecule has 2 nitrogen and oxygen atoms in total. The summed E-state index contributed by atoms with van der Waals surface area (Å²) in [5.41, 5.74) is 0. The fraction of sp³-hybridized carbons (Fsp3) is 1.00. The van der Waals surface area contributed by atoms with Crippen molar-refractivity contribution in [3.05, 3.63) is 0 Å². The number of rotatable bonds is 2. The Labute approximate surface area is 58.5 Å². The van der Waals surface area contributed by atoms with E-state index >= 15 is 0 Å². The van der Waals surface area contributed by atoms with E-state index in [4.69, 9.17) is 5.11 Å². The number of hydrogen-bond donors (Lipinski definition) is 1. The van der Waals surface area contributed by atoms with Gasteiger partial charge in [0.1, 0.15) is 6.10 Å². The molecule has 7 heteroatoms. The quantitative estimate of drug-likeness (QED) is 0.652. The lowest BCUT2D eigenvalue weighted by molar-refractivity contribution is -0.422. The van der Waals surface area contributed by atoms with Crippen molar-refractivity contribution in [1.29, 1.82) is 0 Å². The predicted molar refractivity (Wildman–Crippen MR) is 23.8 cm³/mol. The Kier molecular flexibility index (Phi) is 2.79. The molecule has 0 heterocycles. The van der Waals surface area contributed by atoms with Gasteiger partial charge in [-0.25, -0.2) is 0 Å². The second-order valence-corrected chi connectivity index (χ2v) is 1.90. The summed E-state index contributed by atoms with van der Waals surface area (Å²) in [4.78, 5) is 2.02. The summed E-state index contributed by atoms with van der Waals surface area (Å²) in [7, 11) is 0. The van der Waals surface area contributed by atoms with E-state index in [1.165, 1.54) is 0 Å². The van der Waals surface area contributed by atoms with Crippen molar-refractivity contribution in [2.75, 3.05) is 0 Å². The third kappa shape index (κ3) is 1.78. The Balaban J connectivity index is 4.61. The fourth-order valence-corrected chi connectivity index (χ4v) is 0.345. The first kappa shape index (κ1) is 10.6. The van der Waals surface area contributed by atoms with Gasteiger partial charge in [0.25, 0.3) is 0 Å². The molecular weight excluding hydrogens is 175 g/mol. The van der Waals surface area contributed by atoms with Crippen LogP contribution in [0.5, 0.6) is 0 Å². The van der Waals surface area contributed by atoms with Gasteiger partial charge in [0.15, 0.2) is 0 Å². The van der Waals surface area contributed by atoms with E-state index in [9.17, 15) is 22.1 Å². The average molecular weight is 180 g/mol. The summed E-state index contributed by atoms with van der Waals surface area (Å²) in [6, 6.07) is 0. The topological polar surface area (TPSA) is 29.5 Å². The van der Waals surface area contributed by atoms with Crippen LogP contribution in [-0.4, -0.2) is 23.2 Å². The van der Waals surface area contributed by atoms with Crippen LogP contribution in [0.15, 0.2) is 0 Å². The average Bonchev–Trinajstić information content (AvgIpc) is 1.83. The molecule has 0 aliphatic rings. The lowest BCUT2D eigenvalue weighted by Gasteiger charge is -2.25. The maximum Gasteiger partial charge on any atom is 0.454 e. The Morgan fingerprint density at radius 3 is 1.64 bits per heavy atom. The molecule has 0 aliphatic heterocycles. The van der Waals surface area contributed by atoms with E-state index in [-0.39, 0.29) is 0 Å². The Bertz CT molecular complexity index is 133. The van der Waals surface area contributed by atoms with Crippen LogP contribution < -0.4 is 0 Å². The lowest BCUT2D eigenvalue weighted by atomic mass is 10.2. The van der Waals surface area contributed by atoms with Crippen molar-refractivity contribution >= 4 is 0 Å². The maximum atomic E-state index is 12.2. The van der Waals surface area contributed by atoms with Gasteiger partial charge in [0, 0.05) is 0 Å². The molecule has 0 rings (SSSR count). The van der Waals surface area contributed by atoms with Crippen molar-refractivity contribution in [3.8, 4) is 0 Å². The van der Waals surface area contributed by atoms with Gasteiger partial charge in [-0.15, -0.1) is 4.94 Å². The predicted octanol–water partition coefficient (Wildman–Crippen LogP) is 1.50. The Hall–Kier alpha value is -0.430. The SMILES string of the molecule is CC(O)C(F)(OF)C(F)(F)F. The van der Waals surface area contributed by atoms with Crippen molar-refractivity contribution in [1.82, 2.24) is 0 Å². The summed E-state index contributed by atoms with van der Waals surface area (Å²) in [5.74, 6) is -4.63. The van der Waals surface area contributed by atoms with Crippen LogP contribution in [0.2, 0.25) is 0 Å². The molecule has 68 valence electrons. The number of aliphatic hydroxyl groups excluding tert-OH is 1. The number of alkyl halides is 4. The molecule has 0 saturated heterocycles. The lowest BCUT2D eigenvalue weighted by Crippen LogP contribution is -2.50.